The van der Waals surface area contributed by atoms with Crippen molar-refractivity contribution in [3.8, 4) is 0 Å². The van der Waals surface area contributed by atoms with E-state index in [1.807, 2.05) is 0 Å². The molecule has 1 rings (SSSR count). The molecule has 3 nitrogen and oxygen atoms in total. The molecule has 1 heterocycles. The van der Waals surface area contributed by atoms with Gasteiger partial charge in [0.25, 0.3) is 0 Å². The molecule has 1 fully saturated rings. The normalized spacial score (nSPS) is 18.4. The largest absolute Gasteiger partial charge is 0.442 e. The Hall–Kier alpha value is 0.0969. The van der Waals surface area contributed by atoms with Gasteiger partial charge in [-0.2, -0.15) is 0 Å². The molecule has 0 aromatic carbocycles. The zero-order valence-corrected chi connectivity index (χ0v) is 6.48. The molecule has 0 bridgehead atoms. The minimum absolute atomic E-state index is 0.306. The Morgan fingerprint density at radius 2 is 2.29 bits per heavy atom. The van der Waals surface area contributed by atoms with Gasteiger partial charge >= 0.3 is 0 Å². The molecular formula is C3H11NO2Si. The summed E-state index contributed by atoms with van der Waals surface area (Å²) in [6, 6.07) is 0. The molecule has 0 aromatic rings. The van der Waals surface area contributed by atoms with Crippen LogP contribution in [0, 0.1) is 0 Å². The van der Waals surface area contributed by atoms with Crippen LogP contribution in [0.5, 0.6) is 0 Å². The molecule has 0 unspecified atom stereocenters. The molecule has 7 heavy (non-hydrogen) atoms. The van der Waals surface area contributed by atoms with Crippen LogP contribution in [0.1, 0.15) is 0 Å². The van der Waals surface area contributed by atoms with Crippen molar-refractivity contribution >= 4 is 10.5 Å². The van der Waals surface area contributed by atoms with Crippen LogP contribution in [0.2, 0.25) is 0 Å². The van der Waals surface area contributed by atoms with Gasteiger partial charge in [-0.3, -0.25) is 5.32 Å². The molecule has 4 heteroatoms. The summed E-state index contributed by atoms with van der Waals surface area (Å²) in [6.07, 6.45) is 0. The topological polar surface area (TPSA) is 41.5 Å². The van der Waals surface area contributed by atoms with Gasteiger partial charge in [-0.05, 0) is 0 Å². The summed E-state index contributed by atoms with van der Waals surface area (Å²) in [6.45, 7) is 2.67. The predicted octanol–water partition coefficient (Wildman–Crippen LogP) is -2.18. The lowest BCUT2D eigenvalue weighted by molar-refractivity contribution is 0.194. The van der Waals surface area contributed by atoms with E-state index < -0.39 is 0 Å². The van der Waals surface area contributed by atoms with Crippen molar-refractivity contribution in [1.82, 2.24) is 5.32 Å². The number of hydrogen-bond acceptors (Lipinski definition) is 3. The van der Waals surface area contributed by atoms with Crippen molar-refractivity contribution in [2.24, 2.45) is 0 Å². The summed E-state index contributed by atoms with van der Waals surface area (Å²) in [7, 11) is 0.306. The Bertz CT molecular complexity index is 24.5. The molecule has 0 radical (unpaired) electrons. The van der Waals surface area contributed by atoms with E-state index in [4.69, 9.17) is 9.53 Å². The lowest BCUT2D eigenvalue weighted by Crippen LogP contribution is -2.05. The monoisotopic (exact) mass is 121 g/mol. The molecule has 1 saturated heterocycles. The van der Waals surface area contributed by atoms with Gasteiger partial charge in [0.1, 0.15) is 10.5 Å². The number of hydrogen-bond donors (Lipinski definition) is 2. The summed E-state index contributed by atoms with van der Waals surface area (Å²) in [5.41, 5.74) is 0. The fourth-order valence-electron chi connectivity index (χ4n) is 0.361. The first kappa shape index (κ1) is 7.10. The standard InChI is InChI=1S/C3H7NO.H4OSi/c1-2-5-3-4-1;1-2/h4H,1-3H2;1H,2H3. The third-order valence-electron chi connectivity index (χ3n) is 0.627. The fourth-order valence-corrected chi connectivity index (χ4v) is 0.361. The first-order valence-electron chi connectivity index (χ1n) is 2.23. The first-order valence-corrected chi connectivity index (χ1v) is 3.13. The fraction of sp³-hybridized carbons (Fsp3) is 1.00. The van der Waals surface area contributed by atoms with Gasteiger partial charge in [0.05, 0.1) is 13.3 Å². The number of ether oxygens (including phenoxy) is 1. The Labute approximate surface area is 46.2 Å². The molecule has 44 valence electrons. The van der Waals surface area contributed by atoms with Gasteiger partial charge in [-0.1, -0.05) is 0 Å². The zero-order valence-electron chi connectivity index (χ0n) is 4.48. The average molecular weight is 121 g/mol. The van der Waals surface area contributed by atoms with Crippen LogP contribution in [0.4, 0.5) is 0 Å². The van der Waals surface area contributed by atoms with Crippen LogP contribution in [-0.2, 0) is 4.74 Å². The molecular weight excluding hydrogens is 110 g/mol. The van der Waals surface area contributed by atoms with E-state index in [1.54, 1.807) is 0 Å². The van der Waals surface area contributed by atoms with E-state index in [1.165, 1.54) is 0 Å². The van der Waals surface area contributed by atoms with Crippen LogP contribution in [0.3, 0.4) is 0 Å². The quantitative estimate of drug-likeness (QED) is 0.358. The Morgan fingerprint density at radius 3 is 2.43 bits per heavy atom. The van der Waals surface area contributed by atoms with E-state index in [2.05, 4.69) is 5.32 Å². The lowest BCUT2D eigenvalue weighted by atomic mass is 10.7. The highest BCUT2D eigenvalue weighted by Gasteiger charge is 1.92. The second kappa shape index (κ2) is 6.10. The Morgan fingerprint density at radius 1 is 1.57 bits per heavy atom. The van der Waals surface area contributed by atoms with E-state index >= 15 is 0 Å². The van der Waals surface area contributed by atoms with Crippen molar-refractivity contribution in [3.05, 3.63) is 0 Å². The summed E-state index contributed by atoms with van der Waals surface area (Å²) in [4.78, 5) is 7.14. The predicted molar refractivity (Wildman–Crippen MR) is 31.0 cm³/mol. The Balaban J connectivity index is 0.000000162. The summed E-state index contributed by atoms with van der Waals surface area (Å²) < 4.78 is 4.83. The van der Waals surface area contributed by atoms with Crippen LogP contribution < -0.4 is 5.32 Å². The minimum Gasteiger partial charge on any atom is -0.442 e. The minimum atomic E-state index is 0.306. The zero-order chi connectivity index (χ0) is 5.54. The summed E-state index contributed by atoms with van der Waals surface area (Å²) in [5.74, 6) is 0. The van der Waals surface area contributed by atoms with E-state index in [9.17, 15) is 0 Å². The molecule has 0 saturated carbocycles. The van der Waals surface area contributed by atoms with E-state index in [0.717, 1.165) is 19.9 Å². The van der Waals surface area contributed by atoms with Crippen LogP contribution in [0.25, 0.3) is 0 Å². The second-order valence-corrected chi connectivity index (χ2v) is 1.05. The highest BCUT2D eigenvalue weighted by Crippen LogP contribution is 1.75. The molecule has 0 aromatic heterocycles. The lowest BCUT2D eigenvalue weighted by Gasteiger charge is -1.76. The van der Waals surface area contributed by atoms with Gasteiger partial charge in [-0.15, -0.1) is 0 Å². The van der Waals surface area contributed by atoms with Crippen molar-refractivity contribution < 1.29 is 9.53 Å². The maximum atomic E-state index is 7.14. The SMILES string of the molecule is C1COCN1.O[SiH3]. The van der Waals surface area contributed by atoms with Crippen molar-refractivity contribution in [1.29, 1.82) is 0 Å². The number of nitrogens with one attached hydrogen (secondary N) is 1. The molecule has 0 spiro atoms. The van der Waals surface area contributed by atoms with E-state index in [0.29, 0.717) is 10.5 Å². The maximum absolute atomic E-state index is 7.14. The van der Waals surface area contributed by atoms with Gasteiger partial charge in [0.15, 0.2) is 0 Å². The van der Waals surface area contributed by atoms with Crippen LogP contribution in [-0.4, -0.2) is 35.2 Å². The third kappa shape index (κ3) is 3.94. The summed E-state index contributed by atoms with van der Waals surface area (Å²) in [5, 5.41) is 3.00. The van der Waals surface area contributed by atoms with Crippen molar-refractivity contribution in [3.63, 3.8) is 0 Å². The molecule has 0 atom stereocenters. The average Bonchev–Trinajstić information content (AvgIpc) is 2.23. The van der Waals surface area contributed by atoms with Gasteiger partial charge in [-0.25, -0.2) is 0 Å². The highest BCUT2D eigenvalue weighted by atomic mass is 28.2. The second-order valence-electron chi connectivity index (χ2n) is 1.05. The first-order chi connectivity index (χ1) is 3.50. The summed E-state index contributed by atoms with van der Waals surface area (Å²) >= 11 is 0. The molecule has 0 amide bonds. The number of rotatable bonds is 0. The van der Waals surface area contributed by atoms with Crippen molar-refractivity contribution in [2.75, 3.05) is 19.9 Å². The van der Waals surface area contributed by atoms with Crippen LogP contribution in [0.15, 0.2) is 0 Å². The van der Waals surface area contributed by atoms with Gasteiger partial charge in [0, 0.05) is 6.54 Å². The molecule has 0 aliphatic carbocycles. The van der Waals surface area contributed by atoms with E-state index in [-0.39, 0.29) is 0 Å². The maximum Gasteiger partial charge on any atom is 0.141 e. The third-order valence-corrected chi connectivity index (χ3v) is 0.627. The van der Waals surface area contributed by atoms with Crippen LogP contribution >= 0.6 is 0 Å². The molecule has 1 aliphatic rings. The van der Waals surface area contributed by atoms with Gasteiger partial charge in [0.2, 0.25) is 0 Å². The Kier molecular flexibility index (Phi) is 6.18. The smallest absolute Gasteiger partial charge is 0.141 e. The van der Waals surface area contributed by atoms with Gasteiger partial charge < -0.3 is 9.53 Å². The molecule has 1 aliphatic heterocycles. The highest BCUT2D eigenvalue weighted by molar-refractivity contribution is 5.95. The van der Waals surface area contributed by atoms with Crippen molar-refractivity contribution in [2.45, 2.75) is 0 Å². The molecule has 2 N–H and O–H groups in total.